The van der Waals surface area contributed by atoms with E-state index in [1.807, 2.05) is 12.1 Å². The van der Waals surface area contributed by atoms with E-state index < -0.39 is 0 Å². The van der Waals surface area contributed by atoms with Crippen LogP contribution in [-0.4, -0.2) is 37.5 Å². The topological polar surface area (TPSA) is 33.9 Å². The van der Waals surface area contributed by atoms with Crippen molar-refractivity contribution in [2.75, 3.05) is 26.2 Å². The van der Waals surface area contributed by atoms with Gasteiger partial charge in [0.25, 0.3) is 0 Å². The first kappa shape index (κ1) is 15.3. The highest BCUT2D eigenvalue weighted by molar-refractivity contribution is 5.28. The summed E-state index contributed by atoms with van der Waals surface area (Å²) < 4.78 is 5.71. The average molecular weight is 278 g/mol. The maximum Gasteiger partial charge on any atom is 0.137 e. The number of likely N-dealkylation sites (tertiary alicyclic amines) is 1. The number of ether oxygens (including phenoxy) is 1. The van der Waals surface area contributed by atoms with Crippen LogP contribution in [0.25, 0.3) is 0 Å². The minimum absolute atomic E-state index is 0.372. The monoisotopic (exact) mass is 278 g/mol. The fourth-order valence-electron chi connectivity index (χ4n) is 2.81. The lowest BCUT2D eigenvalue weighted by Crippen LogP contribution is -3.14. The molecule has 1 aromatic rings. The molecule has 0 bridgehead atoms. The van der Waals surface area contributed by atoms with E-state index in [1.165, 1.54) is 36.4 Å². The summed E-state index contributed by atoms with van der Waals surface area (Å²) in [6.07, 6.45) is 3.20. The van der Waals surface area contributed by atoms with Crippen LogP contribution in [0.1, 0.15) is 32.3 Å². The molecule has 0 unspecified atom stereocenters. The summed E-state index contributed by atoms with van der Waals surface area (Å²) in [5.41, 5.74) is 1.27. The Morgan fingerprint density at radius 1 is 1.35 bits per heavy atom. The van der Waals surface area contributed by atoms with Crippen molar-refractivity contribution in [3.63, 3.8) is 0 Å². The first-order valence-electron chi connectivity index (χ1n) is 7.90. The second-order valence-electron chi connectivity index (χ2n) is 6.10. The third kappa shape index (κ3) is 4.80. The van der Waals surface area contributed by atoms with Gasteiger partial charge in [-0.25, -0.2) is 0 Å². The fourth-order valence-corrected chi connectivity index (χ4v) is 2.81. The van der Waals surface area contributed by atoms with Gasteiger partial charge in [0, 0.05) is 0 Å². The molecule has 0 radical (unpaired) electrons. The van der Waals surface area contributed by atoms with Gasteiger partial charge in [0.2, 0.25) is 0 Å². The smallest absolute Gasteiger partial charge is 0.137 e. The van der Waals surface area contributed by atoms with Crippen LogP contribution in [0.15, 0.2) is 24.3 Å². The number of aryl methyl sites for hydroxylation is 1. The van der Waals surface area contributed by atoms with Crippen molar-refractivity contribution in [1.29, 1.82) is 0 Å². The summed E-state index contributed by atoms with van der Waals surface area (Å²) >= 11 is 0. The van der Waals surface area contributed by atoms with E-state index in [0.29, 0.717) is 6.61 Å². The van der Waals surface area contributed by atoms with E-state index >= 15 is 0 Å². The summed E-state index contributed by atoms with van der Waals surface area (Å²) in [6, 6.07) is 8.13. The predicted molar refractivity (Wildman–Crippen MR) is 81.3 cm³/mol. The van der Waals surface area contributed by atoms with Crippen LogP contribution < -0.4 is 9.64 Å². The Kier molecular flexibility index (Phi) is 5.86. The standard InChI is InChI=1S/C17H27NO2/c1-3-15-5-4-6-17(11-15)20-13-16(19)12-18-9-7-14(2)8-10-18/h4-6,11,14,16,19H,3,7-10,12-13H2,1-2H3/p+1/t16-/m1/s1. The largest absolute Gasteiger partial charge is 0.491 e. The van der Waals surface area contributed by atoms with Gasteiger partial charge in [-0.2, -0.15) is 0 Å². The summed E-state index contributed by atoms with van der Waals surface area (Å²) in [7, 11) is 0. The Morgan fingerprint density at radius 2 is 2.10 bits per heavy atom. The van der Waals surface area contributed by atoms with Gasteiger partial charge in [0.15, 0.2) is 0 Å². The van der Waals surface area contributed by atoms with Crippen LogP contribution in [0.3, 0.4) is 0 Å². The fraction of sp³-hybridized carbons (Fsp3) is 0.647. The second kappa shape index (κ2) is 7.65. The van der Waals surface area contributed by atoms with Crippen molar-refractivity contribution < 1.29 is 14.7 Å². The van der Waals surface area contributed by atoms with Crippen molar-refractivity contribution in [2.24, 2.45) is 5.92 Å². The lowest BCUT2D eigenvalue weighted by Gasteiger charge is -2.28. The van der Waals surface area contributed by atoms with E-state index in [9.17, 15) is 5.11 Å². The molecule has 0 spiro atoms. The van der Waals surface area contributed by atoms with E-state index in [-0.39, 0.29) is 6.10 Å². The molecule has 0 aliphatic carbocycles. The van der Waals surface area contributed by atoms with Crippen molar-refractivity contribution in [2.45, 2.75) is 39.2 Å². The number of hydrogen-bond donors (Lipinski definition) is 2. The molecule has 1 fully saturated rings. The number of piperidine rings is 1. The molecule has 112 valence electrons. The highest BCUT2D eigenvalue weighted by Gasteiger charge is 2.21. The number of hydrogen-bond acceptors (Lipinski definition) is 2. The minimum atomic E-state index is -0.372. The molecule has 1 aliphatic heterocycles. The Balaban J connectivity index is 1.73. The number of aliphatic hydroxyl groups is 1. The van der Waals surface area contributed by atoms with Gasteiger partial charge >= 0.3 is 0 Å². The molecule has 20 heavy (non-hydrogen) atoms. The first-order chi connectivity index (χ1) is 9.67. The maximum atomic E-state index is 10.1. The lowest BCUT2D eigenvalue weighted by atomic mass is 9.99. The van der Waals surface area contributed by atoms with Gasteiger partial charge in [-0.15, -0.1) is 0 Å². The molecule has 0 saturated carbocycles. The summed E-state index contributed by atoms with van der Waals surface area (Å²) in [4.78, 5) is 1.52. The van der Waals surface area contributed by atoms with Crippen LogP contribution in [-0.2, 0) is 6.42 Å². The van der Waals surface area contributed by atoms with Crippen molar-refractivity contribution in [1.82, 2.24) is 0 Å². The van der Waals surface area contributed by atoms with Crippen LogP contribution >= 0.6 is 0 Å². The molecular formula is C17H28NO2+. The zero-order chi connectivity index (χ0) is 14.4. The molecule has 1 atom stereocenters. The molecule has 1 aliphatic rings. The van der Waals surface area contributed by atoms with Gasteiger partial charge in [-0.3, -0.25) is 0 Å². The number of benzene rings is 1. The summed E-state index contributed by atoms with van der Waals surface area (Å²) in [5.74, 6) is 1.72. The Bertz CT molecular complexity index is 400. The average Bonchev–Trinajstić information content (AvgIpc) is 2.48. The predicted octanol–water partition coefficient (Wildman–Crippen LogP) is 1.30. The first-order valence-corrected chi connectivity index (χ1v) is 7.90. The van der Waals surface area contributed by atoms with Gasteiger partial charge in [0.1, 0.15) is 25.0 Å². The summed E-state index contributed by atoms with van der Waals surface area (Å²) in [5, 5.41) is 10.1. The molecule has 3 heteroatoms. The minimum Gasteiger partial charge on any atom is -0.491 e. The van der Waals surface area contributed by atoms with Gasteiger partial charge in [-0.05, 0) is 42.9 Å². The Hall–Kier alpha value is -1.06. The number of rotatable bonds is 6. The Morgan fingerprint density at radius 3 is 2.80 bits per heavy atom. The molecule has 3 nitrogen and oxygen atoms in total. The molecular weight excluding hydrogens is 250 g/mol. The van der Waals surface area contributed by atoms with Crippen LogP contribution in [0.4, 0.5) is 0 Å². The van der Waals surface area contributed by atoms with Gasteiger partial charge < -0.3 is 14.7 Å². The second-order valence-corrected chi connectivity index (χ2v) is 6.10. The van der Waals surface area contributed by atoms with Crippen LogP contribution in [0, 0.1) is 5.92 Å². The molecule has 2 N–H and O–H groups in total. The maximum absolute atomic E-state index is 10.1. The normalized spacial score (nSPS) is 24.4. The third-order valence-corrected chi connectivity index (χ3v) is 4.25. The highest BCUT2D eigenvalue weighted by atomic mass is 16.5. The van der Waals surface area contributed by atoms with Crippen molar-refractivity contribution in [3.8, 4) is 5.75 Å². The van der Waals surface area contributed by atoms with Crippen LogP contribution in [0.2, 0.25) is 0 Å². The zero-order valence-electron chi connectivity index (χ0n) is 12.8. The molecule has 1 saturated heterocycles. The quantitative estimate of drug-likeness (QED) is 0.822. The Labute approximate surface area is 122 Å². The number of nitrogens with one attached hydrogen (secondary N) is 1. The summed E-state index contributed by atoms with van der Waals surface area (Å²) in [6.45, 7) is 8.02. The van der Waals surface area contributed by atoms with E-state index in [4.69, 9.17) is 4.74 Å². The molecule has 1 aromatic carbocycles. The van der Waals surface area contributed by atoms with E-state index in [1.54, 1.807) is 0 Å². The number of aliphatic hydroxyl groups excluding tert-OH is 1. The van der Waals surface area contributed by atoms with Crippen molar-refractivity contribution >= 4 is 0 Å². The molecule has 0 aromatic heterocycles. The molecule has 0 amide bonds. The van der Waals surface area contributed by atoms with E-state index in [0.717, 1.165) is 24.6 Å². The lowest BCUT2D eigenvalue weighted by molar-refractivity contribution is -0.909. The van der Waals surface area contributed by atoms with Gasteiger partial charge in [0.05, 0.1) is 13.1 Å². The van der Waals surface area contributed by atoms with E-state index in [2.05, 4.69) is 26.0 Å². The number of quaternary nitrogens is 1. The SMILES string of the molecule is CCc1cccc(OC[C@H](O)C[NH+]2CCC(C)CC2)c1. The highest BCUT2D eigenvalue weighted by Crippen LogP contribution is 2.13. The zero-order valence-corrected chi connectivity index (χ0v) is 12.8. The molecule has 1 heterocycles. The van der Waals surface area contributed by atoms with Gasteiger partial charge in [-0.1, -0.05) is 26.0 Å². The molecule has 2 rings (SSSR count). The third-order valence-electron chi connectivity index (χ3n) is 4.25. The van der Waals surface area contributed by atoms with Crippen molar-refractivity contribution in [3.05, 3.63) is 29.8 Å². The van der Waals surface area contributed by atoms with Crippen LogP contribution in [0.5, 0.6) is 5.75 Å².